The van der Waals surface area contributed by atoms with Gasteiger partial charge in [0, 0.05) is 10.0 Å². The topological polar surface area (TPSA) is 74.5 Å². The van der Waals surface area contributed by atoms with Gasteiger partial charge < -0.3 is 13.9 Å². The van der Waals surface area contributed by atoms with Crippen LogP contribution in [0.5, 0.6) is 5.75 Å². The number of carbonyl (C=O) groups is 1. The smallest absolute Gasteiger partial charge is 0.339 e. The van der Waals surface area contributed by atoms with E-state index in [-0.39, 0.29) is 12.5 Å². The summed E-state index contributed by atoms with van der Waals surface area (Å²) in [5.74, 6) is 0.653. The van der Waals surface area contributed by atoms with Crippen LogP contribution in [0.4, 0.5) is 0 Å². The lowest BCUT2D eigenvalue weighted by atomic mass is 10.2. The van der Waals surface area contributed by atoms with Crippen LogP contribution in [0, 0.1) is 0 Å². The Bertz CT molecular complexity index is 849. The lowest BCUT2D eigenvalue weighted by molar-refractivity contribution is 0.0437. The Hall–Kier alpha value is -2.67. The molecular formula is C17H13BrN2O4. The highest BCUT2D eigenvalue weighted by atomic mass is 79.9. The first-order chi connectivity index (χ1) is 11.7. The third kappa shape index (κ3) is 3.62. The molecule has 0 unspecified atom stereocenters. The number of rotatable bonds is 5. The molecule has 0 bridgehead atoms. The summed E-state index contributed by atoms with van der Waals surface area (Å²) in [5, 5.41) is 7.83. The van der Waals surface area contributed by atoms with Gasteiger partial charge in [-0.05, 0) is 46.3 Å². The van der Waals surface area contributed by atoms with Crippen LogP contribution in [0.25, 0.3) is 11.5 Å². The van der Waals surface area contributed by atoms with Gasteiger partial charge in [0.15, 0.2) is 6.61 Å². The number of ether oxygens (including phenoxy) is 2. The standard InChI is InChI=1S/C17H13BrN2O4/c1-22-12-7-8-14(18)13(9-12)17(21)23-10-15-19-20-16(24-15)11-5-3-2-4-6-11/h2-9H,10H2,1H3. The van der Waals surface area contributed by atoms with E-state index < -0.39 is 5.97 Å². The van der Waals surface area contributed by atoms with Gasteiger partial charge in [-0.3, -0.25) is 0 Å². The number of halogens is 1. The number of hydrogen-bond donors (Lipinski definition) is 0. The van der Waals surface area contributed by atoms with Gasteiger partial charge in [0.05, 0.1) is 12.7 Å². The van der Waals surface area contributed by atoms with Crippen molar-refractivity contribution in [2.24, 2.45) is 0 Å². The van der Waals surface area contributed by atoms with Crippen molar-refractivity contribution in [3.63, 3.8) is 0 Å². The predicted molar refractivity (Wildman–Crippen MR) is 89.5 cm³/mol. The highest BCUT2D eigenvalue weighted by Gasteiger charge is 2.15. The number of nitrogens with zero attached hydrogens (tertiary/aromatic N) is 2. The number of hydrogen-bond acceptors (Lipinski definition) is 6. The van der Waals surface area contributed by atoms with Gasteiger partial charge in [0.25, 0.3) is 5.89 Å². The fourth-order valence-electron chi connectivity index (χ4n) is 2.00. The Balaban J connectivity index is 1.68. The van der Waals surface area contributed by atoms with Crippen molar-refractivity contribution in [3.05, 3.63) is 64.5 Å². The molecule has 3 rings (SSSR count). The summed E-state index contributed by atoms with van der Waals surface area (Å²) >= 11 is 3.31. The lowest BCUT2D eigenvalue weighted by Crippen LogP contribution is -2.06. The van der Waals surface area contributed by atoms with E-state index in [4.69, 9.17) is 13.9 Å². The van der Waals surface area contributed by atoms with E-state index in [0.717, 1.165) is 5.56 Å². The van der Waals surface area contributed by atoms with Crippen molar-refractivity contribution in [1.29, 1.82) is 0 Å². The van der Waals surface area contributed by atoms with Gasteiger partial charge in [0.2, 0.25) is 5.89 Å². The summed E-state index contributed by atoms with van der Waals surface area (Å²) in [6, 6.07) is 14.4. The summed E-state index contributed by atoms with van der Waals surface area (Å²) in [6.45, 7) is -0.109. The molecule has 1 heterocycles. The quantitative estimate of drug-likeness (QED) is 0.617. The summed E-state index contributed by atoms with van der Waals surface area (Å²) in [5.41, 5.74) is 1.16. The number of benzene rings is 2. The van der Waals surface area contributed by atoms with Crippen molar-refractivity contribution >= 4 is 21.9 Å². The maximum absolute atomic E-state index is 12.2. The highest BCUT2D eigenvalue weighted by Crippen LogP contribution is 2.24. The molecule has 0 saturated carbocycles. The molecule has 7 heteroatoms. The third-order valence-corrected chi connectivity index (χ3v) is 3.90. The van der Waals surface area contributed by atoms with Crippen molar-refractivity contribution in [2.45, 2.75) is 6.61 Å². The second kappa shape index (κ2) is 7.27. The largest absolute Gasteiger partial charge is 0.497 e. The average molecular weight is 389 g/mol. The molecule has 0 amide bonds. The number of methoxy groups -OCH3 is 1. The fourth-order valence-corrected chi connectivity index (χ4v) is 2.41. The molecule has 0 aliphatic carbocycles. The lowest BCUT2D eigenvalue weighted by Gasteiger charge is -2.06. The zero-order chi connectivity index (χ0) is 16.9. The molecule has 1 aromatic heterocycles. The van der Waals surface area contributed by atoms with Crippen LogP contribution in [-0.4, -0.2) is 23.3 Å². The Morgan fingerprint density at radius 1 is 1.17 bits per heavy atom. The summed E-state index contributed by atoms with van der Waals surface area (Å²) in [6.07, 6.45) is 0. The Kier molecular flexibility index (Phi) is 4.90. The number of aromatic nitrogens is 2. The molecule has 0 aliphatic rings. The second-order valence-electron chi connectivity index (χ2n) is 4.79. The van der Waals surface area contributed by atoms with E-state index in [0.29, 0.717) is 21.7 Å². The minimum Gasteiger partial charge on any atom is -0.497 e. The minimum absolute atomic E-state index is 0.109. The molecule has 6 nitrogen and oxygen atoms in total. The van der Waals surface area contributed by atoms with Gasteiger partial charge in [-0.2, -0.15) is 0 Å². The monoisotopic (exact) mass is 388 g/mol. The van der Waals surface area contributed by atoms with Crippen molar-refractivity contribution in [3.8, 4) is 17.2 Å². The number of carbonyl (C=O) groups excluding carboxylic acids is 1. The first-order valence-electron chi connectivity index (χ1n) is 7.06. The molecule has 0 atom stereocenters. The summed E-state index contributed by atoms with van der Waals surface area (Å²) in [7, 11) is 1.53. The zero-order valence-electron chi connectivity index (χ0n) is 12.7. The molecule has 0 fully saturated rings. The van der Waals surface area contributed by atoms with Crippen LogP contribution in [0.2, 0.25) is 0 Å². The third-order valence-electron chi connectivity index (χ3n) is 3.21. The van der Waals surface area contributed by atoms with Gasteiger partial charge >= 0.3 is 5.97 Å². The Labute approximate surface area is 146 Å². The molecule has 0 spiro atoms. The molecule has 24 heavy (non-hydrogen) atoms. The minimum atomic E-state index is -0.514. The van der Waals surface area contributed by atoms with Gasteiger partial charge in [-0.15, -0.1) is 10.2 Å². The maximum Gasteiger partial charge on any atom is 0.339 e. The SMILES string of the molecule is COc1ccc(Br)c(C(=O)OCc2nnc(-c3ccccc3)o2)c1. The predicted octanol–water partition coefficient (Wildman–Crippen LogP) is 3.86. The second-order valence-corrected chi connectivity index (χ2v) is 5.64. The normalized spacial score (nSPS) is 10.4. The van der Waals surface area contributed by atoms with Gasteiger partial charge in [-0.25, -0.2) is 4.79 Å². The van der Waals surface area contributed by atoms with E-state index >= 15 is 0 Å². The van der Waals surface area contributed by atoms with E-state index in [1.807, 2.05) is 30.3 Å². The Morgan fingerprint density at radius 3 is 2.71 bits per heavy atom. The van der Waals surface area contributed by atoms with Crippen molar-refractivity contribution < 1.29 is 18.7 Å². The zero-order valence-corrected chi connectivity index (χ0v) is 14.3. The number of esters is 1. The van der Waals surface area contributed by atoms with Crippen LogP contribution in [-0.2, 0) is 11.3 Å². The molecule has 0 aliphatic heterocycles. The van der Waals surface area contributed by atoms with Gasteiger partial charge in [0.1, 0.15) is 5.75 Å². The molecule has 2 aromatic carbocycles. The van der Waals surface area contributed by atoms with Gasteiger partial charge in [-0.1, -0.05) is 18.2 Å². The summed E-state index contributed by atoms with van der Waals surface area (Å²) in [4.78, 5) is 12.2. The highest BCUT2D eigenvalue weighted by molar-refractivity contribution is 9.10. The molecule has 0 radical (unpaired) electrons. The first kappa shape index (κ1) is 16.2. The molecule has 0 N–H and O–H groups in total. The van der Waals surface area contributed by atoms with Crippen LogP contribution in [0.1, 0.15) is 16.2 Å². The van der Waals surface area contributed by atoms with E-state index in [9.17, 15) is 4.79 Å². The Morgan fingerprint density at radius 2 is 1.96 bits per heavy atom. The average Bonchev–Trinajstić information content (AvgIpc) is 3.10. The van der Waals surface area contributed by atoms with Crippen LogP contribution in [0.15, 0.2) is 57.4 Å². The molecule has 122 valence electrons. The van der Waals surface area contributed by atoms with Crippen molar-refractivity contribution in [1.82, 2.24) is 10.2 Å². The van der Waals surface area contributed by atoms with Crippen LogP contribution < -0.4 is 4.74 Å². The fraction of sp³-hybridized carbons (Fsp3) is 0.118. The van der Waals surface area contributed by atoms with Crippen LogP contribution in [0.3, 0.4) is 0 Å². The van der Waals surface area contributed by atoms with E-state index in [2.05, 4.69) is 26.1 Å². The van der Waals surface area contributed by atoms with Crippen LogP contribution >= 0.6 is 15.9 Å². The molecule has 3 aromatic rings. The molecular weight excluding hydrogens is 376 g/mol. The van der Waals surface area contributed by atoms with E-state index in [1.165, 1.54) is 7.11 Å². The molecule has 0 saturated heterocycles. The van der Waals surface area contributed by atoms with Crippen molar-refractivity contribution in [2.75, 3.05) is 7.11 Å². The van der Waals surface area contributed by atoms with E-state index in [1.54, 1.807) is 18.2 Å². The summed E-state index contributed by atoms with van der Waals surface area (Å²) < 4.78 is 16.4. The maximum atomic E-state index is 12.2. The first-order valence-corrected chi connectivity index (χ1v) is 7.85.